The number of ether oxygens (including phenoxy) is 1. The Morgan fingerprint density at radius 1 is 1.50 bits per heavy atom. The molecule has 1 rings (SSSR count). The predicted molar refractivity (Wildman–Crippen MR) is 79.2 cm³/mol. The Balaban J connectivity index is 2.14. The van der Waals surface area contributed by atoms with Crippen molar-refractivity contribution in [3.8, 4) is 0 Å². The molecule has 5 nitrogen and oxygen atoms in total. The average Bonchev–Trinajstić information content (AvgIpc) is 2.36. The lowest BCUT2D eigenvalue weighted by molar-refractivity contribution is -0.125. The number of rotatable bonds is 8. The number of nitrogens with one attached hydrogen (secondary N) is 1. The summed E-state index contributed by atoms with van der Waals surface area (Å²) in [5.41, 5.74) is 4.69. The molecule has 0 heterocycles. The van der Waals surface area contributed by atoms with Crippen LogP contribution in [0.25, 0.3) is 0 Å². The molecular formula is C15H30N2O3. The van der Waals surface area contributed by atoms with Crippen LogP contribution in [-0.4, -0.2) is 42.9 Å². The van der Waals surface area contributed by atoms with E-state index >= 15 is 0 Å². The van der Waals surface area contributed by atoms with Crippen molar-refractivity contribution in [1.82, 2.24) is 5.32 Å². The lowest BCUT2D eigenvalue weighted by Gasteiger charge is -2.28. The van der Waals surface area contributed by atoms with Crippen LogP contribution in [0.2, 0.25) is 0 Å². The fourth-order valence-corrected chi connectivity index (χ4v) is 2.47. The van der Waals surface area contributed by atoms with E-state index in [4.69, 9.17) is 10.5 Å². The molecule has 0 aliphatic heterocycles. The number of primary amides is 1. The van der Waals surface area contributed by atoms with Crippen molar-refractivity contribution < 1.29 is 14.6 Å². The summed E-state index contributed by atoms with van der Waals surface area (Å²) >= 11 is 0. The molecule has 0 saturated heterocycles. The number of hydrogen-bond acceptors (Lipinski definition) is 4. The molecule has 3 unspecified atom stereocenters. The summed E-state index contributed by atoms with van der Waals surface area (Å²) in [5, 5.41) is 12.9. The van der Waals surface area contributed by atoms with Crippen molar-refractivity contribution in [2.75, 3.05) is 19.7 Å². The molecule has 1 fully saturated rings. The number of nitrogens with two attached hydrogens (primary N) is 1. The third-order valence-electron chi connectivity index (χ3n) is 4.03. The van der Waals surface area contributed by atoms with Crippen LogP contribution in [0.3, 0.4) is 0 Å². The maximum atomic E-state index is 11.2. The molecule has 3 atom stereocenters. The van der Waals surface area contributed by atoms with Crippen LogP contribution in [0.1, 0.15) is 46.5 Å². The zero-order chi connectivity index (χ0) is 15.2. The lowest BCUT2D eigenvalue weighted by Crippen LogP contribution is -2.43. The largest absolute Gasteiger partial charge is 0.389 e. The highest BCUT2D eigenvalue weighted by molar-refractivity contribution is 5.80. The molecule has 0 spiro atoms. The van der Waals surface area contributed by atoms with Gasteiger partial charge in [-0.05, 0) is 32.6 Å². The van der Waals surface area contributed by atoms with Gasteiger partial charge in [-0.25, -0.2) is 0 Å². The van der Waals surface area contributed by atoms with E-state index in [1.54, 1.807) is 13.8 Å². The van der Waals surface area contributed by atoms with Crippen molar-refractivity contribution in [2.24, 2.45) is 17.1 Å². The zero-order valence-electron chi connectivity index (χ0n) is 13.0. The summed E-state index contributed by atoms with van der Waals surface area (Å²) in [6.45, 7) is 7.04. The lowest BCUT2D eigenvalue weighted by atomic mass is 9.89. The summed E-state index contributed by atoms with van der Waals surface area (Å²) in [6, 6.07) is 0. The Morgan fingerprint density at radius 2 is 2.20 bits per heavy atom. The van der Waals surface area contributed by atoms with Gasteiger partial charge in [0.2, 0.25) is 5.91 Å². The van der Waals surface area contributed by atoms with E-state index in [1.807, 2.05) is 0 Å². The first-order valence-electron chi connectivity index (χ1n) is 7.61. The summed E-state index contributed by atoms with van der Waals surface area (Å²) < 4.78 is 5.76. The van der Waals surface area contributed by atoms with Gasteiger partial charge < -0.3 is 20.9 Å². The maximum absolute atomic E-state index is 11.2. The SMILES string of the molecule is CC1CCCC(OCC(O)CNCC(C)(C)C(N)=O)C1. The fraction of sp³-hybridized carbons (Fsp3) is 0.933. The first kappa shape index (κ1) is 17.4. The highest BCUT2D eigenvalue weighted by Crippen LogP contribution is 2.25. The molecule has 118 valence electrons. The van der Waals surface area contributed by atoms with Crippen LogP contribution in [0.5, 0.6) is 0 Å². The second-order valence-electron chi connectivity index (χ2n) is 6.76. The Labute approximate surface area is 122 Å². The van der Waals surface area contributed by atoms with E-state index in [0.29, 0.717) is 19.7 Å². The summed E-state index contributed by atoms with van der Waals surface area (Å²) in [6.07, 6.45) is 4.43. The maximum Gasteiger partial charge on any atom is 0.224 e. The second kappa shape index (κ2) is 7.96. The number of hydrogen-bond donors (Lipinski definition) is 3. The summed E-state index contributed by atoms with van der Waals surface area (Å²) in [4.78, 5) is 11.2. The van der Waals surface area contributed by atoms with Crippen LogP contribution in [-0.2, 0) is 9.53 Å². The van der Waals surface area contributed by atoms with Gasteiger partial charge >= 0.3 is 0 Å². The van der Waals surface area contributed by atoms with Crippen molar-refractivity contribution in [2.45, 2.75) is 58.7 Å². The van der Waals surface area contributed by atoms with Gasteiger partial charge in [0.05, 0.1) is 24.2 Å². The van der Waals surface area contributed by atoms with Crippen molar-refractivity contribution in [1.29, 1.82) is 0 Å². The quantitative estimate of drug-likeness (QED) is 0.622. The zero-order valence-corrected chi connectivity index (χ0v) is 13.0. The Kier molecular flexibility index (Phi) is 6.92. The molecule has 4 N–H and O–H groups in total. The normalized spacial score (nSPS) is 25.4. The van der Waals surface area contributed by atoms with Crippen LogP contribution in [0.4, 0.5) is 0 Å². The number of aliphatic hydroxyl groups excluding tert-OH is 1. The average molecular weight is 286 g/mol. The van der Waals surface area contributed by atoms with E-state index in [1.165, 1.54) is 12.8 Å². The minimum Gasteiger partial charge on any atom is -0.389 e. The second-order valence-corrected chi connectivity index (χ2v) is 6.76. The van der Waals surface area contributed by atoms with Gasteiger partial charge in [-0.3, -0.25) is 4.79 Å². The fourth-order valence-electron chi connectivity index (χ4n) is 2.47. The van der Waals surface area contributed by atoms with Crippen LogP contribution >= 0.6 is 0 Å². The smallest absolute Gasteiger partial charge is 0.224 e. The molecule has 5 heteroatoms. The number of aliphatic hydroxyl groups is 1. The molecular weight excluding hydrogens is 256 g/mol. The summed E-state index contributed by atoms with van der Waals surface area (Å²) in [7, 11) is 0. The molecule has 0 radical (unpaired) electrons. The molecule has 20 heavy (non-hydrogen) atoms. The third kappa shape index (κ3) is 6.20. The molecule has 1 aliphatic carbocycles. The topological polar surface area (TPSA) is 84.6 Å². The summed E-state index contributed by atoms with van der Waals surface area (Å²) in [5.74, 6) is 0.382. The molecule has 1 saturated carbocycles. The molecule has 1 aliphatic rings. The van der Waals surface area contributed by atoms with Gasteiger partial charge in [0.1, 0.15) is 0 Å². The van der Waals surface area contributed by atoms with E-state index < -0.39 is 11.5 Å². The van der Waals surface area contributed by atoms with Crippen molar-refractivity contribution in [3.05, 3.63) is 0 Å². The molecule has 0 aromatic carbocycles. The first-order valence-corrected chi connectivity index (χ1v) is 7.61. The minimum absolute atomic E-state index is 0.287. The molecule has 0 aromatic rings. The Hall–Kier alpha value is -0.650. The van der Waals surface area contributed by atoms with Gasteiger partial charge in [-0.15, -0.1) is 0 Å². The van der Waals surface area contributed by atoms with E-state index in [9.17, 15) is 9.90 Å². The predicted octanol–water partition coefficient (Wildman–Crippen LogP) is 1.04. The van der Waals surface area contributed by atoms with Crippen molar-refractivity contribution in [3.63, 3.8) is 0 Å². The highest BCUT2D eigenvalue weighted by Gasteiger charge is 2.25. The standard InChI is InChI=1S/C15H30N2O3/c1-11-5-4-6-13(7-11)20-9-12(18)8-17-10-15(2,3)14(16)19/h11-13,17-18H,4-10H2,1-3H3,(H2,16,19). The van der Waals surface area contributed by atoms with Crippen LogP contribution in [0.15, 0.2) is 0 Å². The monoisotopic (exact) mass is 286 g/mol. The molecule has 0 bridgehead atoms. The van der Waals surface area contributed by atoms with Crippen LogP contribution in [0, 0.1) is 11.3 Å². The van der Waals surface area contributed by atoms with E-state index in [-0.39, 0.29) is 12.0 Å². The van der Waals surface area contributed by atoms with E-state index in [2.05, 4.69) is 12.2 Å². The third-order valence-corrected chi connectivity index (χ3v) is 4.03. The van der Waals surface area contributed by atoms with Gasteiger partial charge in [0, 0.05) is 13.1 Å². The van der Waals surface area contributed by atoms with Crippen molar-refractivity contribution >= 4 is 5.91 Å². The molecule has 1 amide bonds. The number of carbonyl (C=O) groups is 1. The van der Waals surface area contributed by atoms with Gasteiger partial charge in [-0.2, -0.15) is 0 Å². The highest BCUT2D eigenvalue weighted by atomic mass is 16.5. The molecule has 0 aromatic heterocycles. The van der Waals surface area contributed by atoms with Gasteiger partial charge in [0.15, 0.2) is 0 Å². The minimum atomic E-state index is -0.598. The number of carbonyl (C=O) groups excluding carboxylic acids is 1. The van der Waals surface area contributed by atoms with Crippen LogP contribution < -0.4 is 11.1 Å². The van der Waals surface area contributed by atoms with Gasteiger partial charge in [-0.1, -0.05) is 19.8 Å². The number of amides is 1. The Morgan fingerprint density at radius 3 is 2.80 bits per heavy atom. The van der Waals surface area contributed by atoms with Gasteiger partial charge in [0.25, 0.3) is 0 Å². The Bertz CT molecular complexity index is 307. The van der Waals surface area contributed by atoms with E-state index in [0.717, 1.165) is 18.8 Å². The first-order chi connectivity index (χ1) is 9.31.